The zero-order chi connectivity index (χ0) is 11.1. The van der Waals surface area contributed by atoms with Crippen LogP contribution in [0, 0.1) is 0 Å². The molecule has 0 aliphatic heterocycles. The first-order valence-electron chi connectivity index (χ1n) is 2.55. The molecular formula is C4HBr2F7. The summed E-state index contributed by atoms with van der Waals surface area (Å²) in [5.41, 5.74) is 0. The van der Waals surface area contributed by atoms with Gasteiger partial charge in [-0.15, -0.1) is 0 Å². The van der Waals surface area contributed by atoms with Gasteiger partial charge >= 0.3 is 18.0 Å². The van der Waals surface area contributed by atoms with Gasteiger partial charge in [0, 0.05) is 0 Å². The van der Waals surface area contributed by atoms with Crippen molar-refractivity contribution in [1.29, 1.82) is 0 Å². The van der Waals surface area contributed by atoms with Crippen molar-refractivity contribution in [3.8, 4) is 0 Å². The molecule has 0 aliphatic rings. The Morgan fingerprint density at radius 2 is 1.08 bits per heavy atom. The van der Waals surface area contributed by atoms with Crippen LogP contribution < -0.4 is 0 Å². The van der Waals surface area contributed by atoms with E-state index in [-0.39, 0.29) is 0 Å². The fraction of sp³-hybridized carbons (Fsp3) is 1.00. The second-order valence-electron chi connectivity index (χ2n) is 2.00. The van der Waals surface area contributed by atoms with Gasteiger partial charge in [-0.3, -0.25) is 0 Å². The first kappa shape index (κ1) is 13.5. The lowest BCUT2D eigenvalue weighted by molar-refractivity contribution is -0.349. The molecule has 80 valence electrons. The molecule has 0 aromatic carbocycles. The van der Waals surface area contributed by atoms with E-state index in [1.165, 1.54) is 0 Å². The molecule has 0 bridgehead atoms. The van der Waals surface area contributed by atoms with Crippen molar-refractivity contribution < 1.29 is 30.7 Å². The summed E-state index contributed by atoms with van der Waals surface area (Å²) in [6.45, 7) is 0. The van der Waals surface area contributed by atoms with Crippen LogP contribution in [0.2, 0.25) is 0 Å². The number of alkyl halides is 9. The van der Waals surface area contributed by atoms with Gasteiger partial charge in [0.15, 0.2) is 0 Å². The molecule has 0 heterocycles. The summed E-state index contributed by atoms with van der Waals surface area (Å²) in [6.07, 6.45) is -6.28. The first-order valence-corrected chi connectivity index (χ1v) is 4.38. The van der Waals surface area contributed by atoms with Crippen molar-refractivity contribution >= 4 is 31.9 Å². The molecule has 0 rings (SSSR count). The molecule has 0 aromatic rings. The number of hydrogen-bond donors (Lipinski definition) is 0. The molecule has 0 aliphatic carbocycles. The van der Waals surface area contributed by atoms with Crippen LogP contribution in [-0.4, -0.2) is 21.8 Å². The zero-order valence-corrected chi connectivity index (χ0v) is 8.65. The van der Waals surface area contributed by atoms with Crippen LogP contribution in [0.5, 0.6) is 0 Å². The topological polar surface area (TPSA) is 0 Å². The molecule has 0 atom stereocenters. The lowest BCUT2D eigenvalue weighted by atomic mass is 10.2. The van der Waals surface area contributed by atoms with Crippen LogP contribution in [0.4, 0.5) is 30.7 Å². The Labute approximate surface area is 84.7 Å². The van der Waals surface area contributed by atoms with Crippen molar-refractivity contribution in [3.05, 3.63) is 0 Å². The van der Waals surface area contributed by atoms with Crippen LogP contribution in [0.1, 0.15) is 0 Å². The fourth-order valence-electron chi connectivity index (χ4n) is 0.326. The average molecular weight is 342 g/mol. The molecule has 0 fully saturated rings. The van der Waals surface area contributed by atoms with E-state index in [4.69, 9.17) is 0 Å². The lowest BCUT2D eigenvalue weighted by Crippen LogP contribution is -2.54. The summed E-state index contributed by atoms with van der Waals surface area (Å²) in [5.74, 6) is -11.3. The largest absolute Gasteiger partial charge is 0.459 e. The van der Waals surface area contributed by atoms with Crippen molar-refractivity contribution in [2.24, 2.45) is 0 Å². The smallest absolute Gasteiger partial charge is 0.197 e. The number of hydrogen-bond acceptors (Lipinski definition) is 0. The van der Waals surface area contributed by atoms with Gasteiger partial charge < -0.3 is 0 Å². The summed E-state index contributed by atoms with van der Waals surface area (Å²) >= 11 is 3.82. The molecule has 0 spiro atoms. The first-order chi connectivity index (χ1) is 5.44. The highest BCUT2D eigenvalue weighted by atomic mass is 79.9. The van der Waals surface area contributed by atoms with Gasteiger partial charge in [-0.05, 0) is 0 Å². The minimum atomic E-state index is -6.28. The van der Waals surface area contributed by atoms with Gasteiger partial charge in [-0.1, -0.05) is 31.9 Å². The second-order valence-corrected chi connectivity index (χ2v) is 5.06. The molecule has 0 saturated heterocycles. The Bertz CT molecular complexity index is 183. The molecule has 0 saturated carbocycles. The van der Waals surface area contributed by atoms with Gasteiger partial charge in [0.2, 0.25) is 0 Å². The van der Waals surface area contributed by atoms with Gasteiger partial charge in [-0.25, -0.2) is 0 Å². The minimum Gasteiger partial charge on any atom is -0.197 e. The fourth-order valence-corrected chi connectivity index (χ4v) is 0.901. The van der Waals surface area contributed by atoms with Crippen LogP contribution in [0.15, 0.2) is 0 Å². The third-order valence-corrected chi connectivity index (χ3v) is 2.20. The maximum absolute atomic E-state index is 12.3. The van der Waals surface area contributed by atoms with Crippen molar-refractivity contribution in [1.82, 2.24) is 0 Å². The Hall–Kier alpha value is 0.470. The predicted octanol–water partition coefficient (Wildman–Crippen LogP) is 3.94. The molecule has 0 aromatic heterocycles. The van der Waals surface area contributed by atoms with E-state index in [0.29, 0.717) is 0 Å². The summed E-state index contributed by atoms with van der Waals surface area (Å²) in [4.78, 5) is 0. The van der Waals surface area contributed by atoms with Crippen molar-refractivity contribution in [2.45, 2.75) is 21.8 Å². The van der Waals surface area contributed by atoms with E-state index in [0.717, 1.165) is 0 Å². The molecule has 0 radical (unpaired) electrons. The molecule has 9 heteroatoms. The Balaban J connectivity index is 5.04. The monoisotopic (exact) mass is 340 g/mol. The van der Waals surface area contributed by atoms with E-state index in [1.807, 2.05) is 31.9 Å². The third kappa shape index (κ3) is 2.28. The van der Waals surface area contributed by atoms with E-state index >= 15 is 0 Å². The zero-order valence-electron chi connectivity index (χ0n) is 5.48. The molecule has 0 nitrogen and oxygen atoms in total. The van der Waals surface area contributed by atoms with Crippen LogP contribution in [-0.2, 0) is 0 Å². The summed E-state index contributed by atoms with van der Waals surface area (Å²) in [5, 5.41) is 0. The highest BCUT2D eigenvalue weighted by molar-refractivity contribution is 9.24. The molecular weight excluding hydrogens is 341 g/mol. The minimum absolute atomic E-state index is 1.91. The maximum Gasteiger partial charge on any atom is 0.459 e. The summed E-state index contributed by atoms with van der Waals surface area (Å²) in [6, 6.07) is 0. The van der Waals surface area contributed by atoms with Crippen LogP contribution in [0.25, 0.3) is 0 Å². The highest BCUT2D eigenvalue weighted by Gasteiger charge is 2.74. The van der Waals surface area contributed by atoms with Crippen molar-refractivity contribution in [2.75, 3.05) is 0 Å². The molecule has 0 amide bonds. The van der Waals surface area contributed by atoms with Gasteiger partial charge in [0.25, 0.3) is 0 Å². The summed E-state index contributed by atoms with van der Waals surface area (Å²) in [7, 11) is 0. The third-order valence-electron chi connectivity index (χ3n) is 1.05. The average Bonchev–Trinajstić information content (AvgIpc) is 1.84. The van der Waals surface area contributed by atoms with E-state index in [1.54, 1.807) is 0 Å². The quantitative estimate of drug-likeness (QED) is 0.527. The van der Waals surface area contributed by atoms with Crippen LogP contribution >= 0.6 is 31.9 Å². The van der Waals surface area contributed by atoms with E-state index in [9.17, 15) is 30.7 Å². The predicted molar refractivity (Wildman–Crippen MR) is 37.6 cm³/mol. The second kappa shape index (κ2) is 3.56. The normalized spacial score (nSPS) is 15.2. The number of rotatable bonds is 2. The lowest BCUT2D eigenvalue weighted by Gasteiger charge is -2.28. The van der Waals surface area contributed by atoms with E-state index in [2.05, 4.69) is 0 Å². The van der Waals surface area contributed by atoms with Gasteiger partial charge in [0.05, 0.1) is 0 Å². The van der Waals surface area contributed by atoms with Gasteiger partial charge in [-0.2, -0.15) is 30.7 Å². The molecule has 0 N–H and O–H groups in total. The van der Waals surface area contributed by atoms with E-state index < -0.39 is 21.8 Å². The van der Waals surface area contributed by atoms with Crippen molar-refractivity contribution in [3.63, 3.8) is 0 Å². The molecule has 0 unspecified atom stereocenters. The van der Waals surface area contributed by atoms with Crippen LogP contribution in [0.3, 0.4) is 0 Å². The van der Waals surface area contributed by atoms with Gasteiger partial charge in [0.1, 0.15) is 3.74 Å². The Morgan fingerprint density at radius 1 is 0.769 bits per heavy atom. The molecule has 13 heavy (non-hydrogen) atoms. The maximum atomic E-state index is 12.3. The Kier molecular flexibility index (Phi) is 3.69. The SMILES string of the molecule is FC(F)(F)C(F)(F)C(F)(F)C(Br)Br. The standard InChI is InChI=1S/C4HBr2F7/c5-1(6)2(7,8)3(9,10)4(11,12)13/h1H. The highest BCUT2D eigenvalue weighted by Crippen LogP contribution is 2.50. The Morgan fingerprint density at radius 3 is 1.15 bits per heavy atom. The number of halogens is 9. The summed E-state index contributed by atoms with van der Waals surface area (Å²) < 4.78 is 80.4.